The normalized spacial score (nSPS) is 10.7. The number of nitrogens with zero attached hydrogens (tertiary/aromatic N) is 1. The molecule has 0 spiro atoms. The lowest BCUT2D eigenvalue weighted by atomic mass is 10.6. The van der Waals surface area contributed by atoms with Gasteiger partial charge in [0.05, 0.1) is 0 Å². The van der Waals surface area contributed by atoms with Crippen molar-refractivity contribution in [2.24, 2.45) is 4.99 Å². The van der Waals surface area contributed by atoms with Crippen LogP contribution in [0.25, 0.3) is 0 Å². The molecule has 0 aromatic heterocycles. The number of aliphatic imine (C=N–C) groups is 1. The van der Waals surface area contributed by atoms with Crippen molar-refractivity contribution in [3.8, 4) is 0 Å². The van der Waals surface area contributed by atoms with Gasteiger partial charge in [0.15, 0.2) is 0 Å². The van der Waals surface area contributed by atoms with E-state index in [9.17, 15) is 0 Å². The Balaban J connectivity index is 3.72. The van der Waals surface area contributed by atoms with Gasteiger partial charge in [-0.25, -0.2) is 0 Å². The van der Waals surface area contributed by atoms with Crippen LogP contribution in [0.1, 0.15) is 0 Å². The highest BCUT2D eigenvalue weighted by Gasteiger charge is 1.73. The standard InChI is InChI=1S/C5H6BrN/c1-3-4-5(6)7-2/h3-4H,1-2H2. The fourth-order valence-corrected chi connectivity index (χ4v) is 0.337. The molecule has 0 saturated heterocycles. The zero-order chi connectivity index (χ0) is 5.70. The van der Waals surface area contributed by atoms with Gasteiger partial charge in [-0.05, 0) is 28.7 Å². The minimum Gasteiger partial charge on any atom is -0.257 e. The van der Waals surface area contributed by atoms with E-state index >= 15 is 0 Å². The molecule has 0 saturated carbocycles. The van der Waals surface area contributed by atoms with Crippen molar-refractivity contribution in [2.75, 3.05) is 0 Å². The van der Waals surface area contributed by atoms with Gasteiger partial charge >= 0.3 is 0 Å². The molecule has 0 atom stereocenters. The van der Waals surface area contributed by atoms with Crippen molar-refractivity contribution in [1.82, 2.24) is 0 Å². The first-order valence-corrected chi connectivity index (χ1v) is 2.55. The molecule has 1 nitrogen and oxygen atoms in total. The summed E-state index contributed by atoms with van der Waals surface area (Å²) in [7, 11) is 0. The van der Waals surface area contributed by atoms with Crippen LogP contribution in [0.4, 0.5) is 0 Å². The first kappa shape index (κ1) is 6.63. The number of hydrogen-bond donors (Lipinski definition) is 0. The van der Waals surface area contributed by atoms with Crippen LogP contribution in [0, 0.1) is 0 Å². The van der Waals surface area contributed by atoms with Crippen LogP contribution in [0.15, 0.2) is 28.3 Å². The van der Waals surface area contributed by atoms with Crippen molar-refractivity contribution in [2.45, 2.75) is 0 Å². The molecule has 2 heteroatoms. The van der Waals surface area contributed by atoms with Crippen LogP contribution >= 0.6 is 15.9 Å². The third kappa shape index (κ3) is 3.46. The van der Waals surface area contributed by atoms with E-state index in [1.165, 1.54) is 0 Å². The minimum absolute atomic E-state index is 0.711. The van der Waals surface area contributed by atoms with E-state index in [2.05, 4.69) is 34.2 Å². The molecule has 0 bridgehead atoms. The Hall–Kier alpha value is -0.370. The predicted molar refractivity (Wildman–Crippen MR) is 36.8 cm³/mol. The molecule has 0 rings (SSSR count). The first-order chi connectivity index (χ1) is 3.31. The van der Waals surface area contributed by atoms with Gasteiger partial charge in [0, 0.05) is 0 Å². The van der Waals surface area contributed by atoms with Gasteiger partial charge in [0.25, 0.3) is 0 Å². The lowest BCUT2D eigenvalue weighted by Gasteiger charge is -1.77. The SMILES string of the molecule is C=CC=C(Br)N=C. The van der Waals surface area contributed by atoms with E-state index in [-0.39, 0.29) is 0 Å². The van der Waals surface area contributed by atoms with Gasteiger partial charge in [-0.2, -0.15) is 0 Å². The minimum atomic E-state index is 0.711. The van der Waals surface area contributed by atoms with E-state index < -0.39 is 0 Å². The van der Waals surface area contributed by atoms with Crippen LogP contribution in [0.3, 0.4) is 0 Å². The van der Waals surface area contributed by atoms with Crippen molar-refractivity contribution < 1.29 is 0 Å². The van der Waals surface area contributed by atoms with Crippen LogP contribution < -0.4 is 0 Å². The molecule has 0 radical (unpaired) electrons. The summed E-state index contributed by atoms with van der Waals surface area (Å²) in [5.41, 5.74) is 0. The lowest BCUT2D eigenvalue weighted by Crippen LogP contribution is -1.53. The van der Waals surface area contributed by atoms with Crippen molar-refractivity contribution in [1.29, 1.82) is 0 Å². The molecular weight excluding hydrogens is 154 g/mol. The van der Waals surface area contributed by atoms with Gasteiger partial charge in [0.2, 0.25) is 0 Å². The molecule has 0 heterocycles. The van der Waals surface area contributed by atoms with Gasteiger partial charge in [-0.3, -0.25) is 4.99 Å². The Labute approximate surface area is 51.6 Å². The number of halogens is 1. The van der Waals surface area contributed by atoms with Gasteiger partial charge in [-0.1, -0.05) is 12.7 Å². The molecule has 0 aliphatic rings. The molecule has 7 heavy (non-hydrogen) atoms. The average molecular weight is 160 g/mol. The van der Waals surface area contributed by atoms with Crippen LogP contribution in [0.5, 0.6) is 0 Å². The van der Waals surface area contributed by atoms with Crippen LogP contribution in [-0.2, 0) is 0 Å². The van der Waals surface area contributed by atoms with Crippen molar-refractivity contribution in [3.63, 3.8) is 0 Å². The highest BCUT2D eigenvalue weighted by Crippen LogP contribution is 2.03. The molecule has 0 fully saturated rings. The maximum atomic E-state index is 3.53. The van der Waals surface area contributed by atoms with Crippen LogP contribution in [0.2, 0.25) is 0 Å². The Morgan fingerprint density at radius 3 is 2.43 bits per heavy atom. The third-order valence-electron chi connectivity index (χ3n) is 0.406. The van der Waals surface area contributed by atoms with Gasteiger partial charge in [-0.15, -0.1) is 0 Å². The van der Waals surface area contributed by atoms with E-state index in [0.717, 1.165) is 0 Å². The summed E-state index contributed by atoms with van der Waals surface area (Å²) in [4.78, 5) is 3.53. The van der Waals surface area contributed by atoms with E-state index in [1.807, 2.05) is 0 Å². The molecule has 0 aliphatic carbocycles. The number of allylic oxidation sites excluding steroid dienone is 2. The Kier molecular flexibility index (Phi) is 3.61. The fraction of sp³-hybridized carbons (Fsp3) is 0. The second kappa shape index (κ2) is 3.81. The highest BCUT2D eigenvalue weighted by atomic mass is 79.9. The number of hydrogen-bond acceptors (Lipinski definition) is 1. The molecule has 38 valence electrons. The second-order valence-corrected chi connectivity index (χ2v) is 1.70. The smallest absolute Gasteiger partial charge is 0.105 e. The molecule has 0 aromatic carbocycles. The summed E-state index contributed by atoms with van der Waals surface area (Å²) in [5.74, 6) is 0. The molecule has 0 aromatic rings. The Morgan fingerprint density at radius 2 is 2.29 bits per heavy atom. The summed E-state index contributed by atoms with van der Waals surface area (Å²) in [5, 5.41) is 0. The largest absolute Gasteiger partial charge is 0.257 e. The van der Waals surface area contributed by atoms with Gasteiger partial charge < -0.3 is 0 Å². The Morgan fingerprint density at radius 1 is 1.71 bits per heavy atom. The van der Waals surface area contributed by atoms with Gasteiger partial charge in [0.1, 0.15) is 4.61 Å². The van der Waals surface area contributed by atoms with E-state index in [0.29, 0.717) is 4.61 Å². The molecule has 0 aliphatic heterocycles. The van der Waals surface area contributed by atoms with Crippen molar-refractivity contribution >= 4 is 22.6 Å². The lowest BCUT2D eigenvalue weighted by molar-refractivity contribution is 1.58. The third-order valence-corrected chi connectivity index (χ3v) is 0.922. The maximum Gasteiger partial charge on any atom is 0.105 e. The monoisotopic (exact) mass is 159 g/mol. The zero-order valence-electron chi connectivity index (χ0n) is 3.89. The quantitative estimate of drug-likeness (QED) is 0.333. The topological polar surface area (TPSA) is 12.4 Å². The molecule has 0 unspecified atom stereocenters. The summed E-state index contributed by atoms with van der Waals surface area (Å²) < 4.78 is 0.711. The van der Waals surface area contributed by atoms with Crippen LogP contribution in [-0.4, -0.2) is 6.72 Å². The average Bonchev–Trinajstić information content (AvgIpc) is 1.68. The first-order valence-electron chi connectivity index (χ1n) is 1.76. The fourth-order valence-electron chi connectivity index (χ4n) is 0.150. The van der Waals surface area contributed by atoms with Crippen molar-refractivity contribution in [3.05, 3.63) is 23.3 Å². The summed E-state index contributed by atoms with van der Waals surface area (Å²) in [6.07, 6.45) is 3.35. The maximum absolute atomic E-state index is 3.53. The summed E-state index contributed by atoms with van der Waals surface area (Å²) >= 11 is 3.10. The number of rotatable bonds is 2. The summed E-state index contributed by atoms with van der Waals surface area (Å²) in [6, 6.07) is 0. The molecule has 0 N–H and O–H groups in total. The van der Waals surface area contributed by atoms with E-state index in [4.69, 9.17) is 0 Å². The molecular formula is C5H6BrN. The Bertz CT molecular complexity index is 105. The second-order valence-electron chi connectivity index (χ2n) is 0.883. The predicted octanol–water partition coefficient (Wildman–Crippen LogP) is 2.11. The molecule has 0 amide bonds. The highest BCUT2D eigenvalue weighted by molar-refractivity contribution is 9.11. The summed E-state index contributed by atoms with van der Waals surface area (Å²) in [6.45, 7) is 6.72. The van der Waals surface area contributed by atoms with E-state index in [1.54, 1.807) is 12.2 Å². The zero-order valence-corrected chi connectivity index (χ0v) is 5.48.